The summed E-state index contributed by atoms with van der Waals surface area (Å²) < 4.78 is 0. The predicted molar refractivity (Wildman–Crippen MR) is 50.5 cm³/mol. The van der Waals surface area contributed by atoms with E-state index in [9.17, 15) is 0 Å². The molecule has 1 rings (SSSR count). The molecule has 2 unspecified atom stereocenters. The van der Waals surface area contributed by atoms with E-state index in [1.165, 1.54) is 0 Å². The molecule has 1 fully saturated rings. The molecular weight excluding hydrogens is 346 g/mol. The third-order valence-electron chi connectivity index (χ3n) is 1.64. The first kappa shape index (κ1) is 12.5. The standard InChI is InChI=1S/C6H14N2P2.W/c1-8-4-2-6(3-5-8)7-10-9;/h4-7,10H,2-3,9H2,1H3;/q-2;+2. The Balaban J connectivity index is 0.000001000. The van der Waals surface area contributed by atoms with Crippen molar-refractivity contribution in [2.45, 2.75) is 18.9 Å². The van der Waals surface area contributed by atoms with E-state index < -0.39 is 0 Å². The topological polar surface area (TPSA) is 15.3 Å². The predicted octanol–water partition coefficient (Wildman–Crippen LogP) is 1.37. The molecule has 11 heavy (non-hydrogen) atoms. The zero-order valence-electron chi connectivity index (χ0n) is 6.58. The average Bonchev–Trinajstić information content (AvgIpc) is 1.95. The first-order chi connectivity index (χ1) is 4.83. The molecule has 0 aromatic heterocycles. The van der Waals surface area contributed by atoms with Gasteiger partial charge in [0.15, 0.2) is 0 Å². The molecule has 5 heteroatoms. The van der Waals surface area contributed by atoms with Crippen molar-refractivity contribution in [1.82, 2.24) is 9.99 Å². The van der Waals surface area contributed by atoms with Gasteiger partial charge in [-0.25, -0.2) is 0 Å². The van der Waals surface area contributed by atoms with Gasteiger partial charge in [0.1, 0.15) is 0 Å². The van der Waals surface area contributed by atoms with Crippen LogP contribution in [0, 0.1) is 13.1 Å². The normalized spacial score (nSPS) is 22.4. The van der Waals surface area contributed by atoms with Crippen molar-refractivity contribution in [2.24, 2.45) is 0 Å². The van der Waals surface area contributed by atoms with Crippen LogP contribution in [0.25, 0.3) is 0 Å². The van der Waals surface area contributed by atoms with E-state index in [1.807, 2.05) is 0 Å². The van der Waals surface area contributed by atoms with Gasteiger partial charge in [-0.05, 0) is 14.5 Å². The Kier molecular flexibility index (Phi) is 7.85. The van der Waals surface area contributed by atoms with Gasteiger partial charge in [-0.1, -0.05) is 16.0 Å². The summed E-state index contributed by atoms with van der Waals surface area (Å²) in [7, 11) is 5.58. The Morgan fingerprint density at radius 1 is 1.55 bits per heavy atom. The van der Waals surface area contributed by atoms with E-state index in [2.05, 4.69) is 39.1 Å². The fourth-order valence-electron chi connectivity index (χ4n) is 0.993. The number of hydrogen-bond donors (Lipinski definition) is 1. The Morgan fingerprint density at radius 2 is 2.09 bits per heavy atom. The van der Waals surface area contributed by atoms with Gasteiger partial charge < -0.3 is 4.90 Å². The van der Waals surface area contributed by atoms with Crippen molar-refractivity contribution >= 4 is 17.3 Å². The Bertz CT molecular complexity index is 96.6. The molecule has 1 aliphatic rings. The second-order valence-corrected chi connectivity index (χ2v) is 3.93. The van der Waals surface area contributed by atoms with Crippen LogP contribution in [-0.2, 0) is 21.1 Å². The van der Waals surface area contributed by atoms with E-state index in [1.54, 1.807) is 0 Å². The quantitative estimate of drug-likeness (QED) is 0.592. The molecule has 0 aromatic carbocycles. The maximum atomic E-state index is 3.41. The van der Waals surface area contributed by atoms with E-state index in [0.717, 1.165) is 21.3 Å². The largest absolute Gasteiger partial charge is 2.00 e. The smallest absolute Gasteiger partial charge is 0.607 e. The monoisotopic (exact) mass is 360 g/mol. The molecule has 1 N–H and O–H groups in total. The molecule has 2 atom stereocenters. The summed E-state index contributed by atoms with van der Waals surface area (Å²) in [5.41, 5.74) is 0. The molecule has 0 aromatic rings. The van der Waals surface area contributed by atoms with Crippen molar-refractivity contribution in [1.29, 1.82) is 0 Å². The molecular formula is C6H14N2P2W. The van der Waals surface area contributed by atoms with E-state index >= 15 is 0 Å². The van der Waals surface area contributed by atoms with E-state index in [4.69, 9.17) is 0 Å². The van der Waals surface area contributed by atoms with Crippen LogP contribution in [0.1, 0.15) is 12.8 Å². The maximum absolute atomic E-state index is 3.41. The minimum absolute atomic E-state index is 0. The number of nitrogens with one attached hydrogen (secondary N) is 1. The average molecular weight is 360 g/mol. The Labute approximate surface area is 87.5 Å². The molecule has 0 spiro atoms. The van der Waals surface area contributed by atoms with Crippen molar-refractivity contribution in [3.05, 3.63) is 13.1 Å². The van der Waals surface area contributed by atoms with Gasteiger partial charge in [0.25, 0.3) is 0 Å². The first-order valence-electron chi connectivity index (χ1n) is 3.42. The minimum atomic E-state index is 0. The molecule has 0 amide bonds. The maximum Gasteiger partial charge on any atom is 2.00 e. The van der Waals surface area contributed by atoms with Crippen LogP contribution < -0.4 is 5.09 Å². The summed E-state index contributed by atoms with van der Waals surface area (Å²) in [5.74, 6) is 0. The zero-order chi connectivity index (χ0) is 7.40. The number of piperidine rings is 1. The van der Waals surface area contributed by atoms with E-state index in [-0.39, 0.29) is 21.1 Å². The van der Waals surface area contributed by atoms with Crippen LogP contribution in [0.5, 0.6) is 0 Å². The third kappa shape index (κ3) is 4.91. The molecule has 1 heterocycles. The zero-order valence-corrected chi connectivity index (χ0v) is 11.7. The van der Waals surface area contributed by atoms with Crippen LogP contribution >= 0.6 is 17.3 Å². The number of hydrogen-bond acceptors (Lipinski definition) is 2. The Hall–Kier alpha value is 1.47. The molecule has 64 valence electrons. The summed E-state index contributed by atoms with van der Waals surface area (Å²) in [4.78, 5) is 2.14. The van der Waals surface area contributed by atoms with Crippen LogP contribution in [0.4, 0.5) is 0 Å². The molecule has 1 saturated heterocycles. The van der Waals surface area contributed by atoms with E-state index in [0.29, 0.717) is 6.04 Å². The van der Waals surface area contributed by atoms with Gasteiger partial charge in [0.2, 0.25) is 0 Å². The molecule has 0 radical (unpaired) electrons. The van der Waals surface area contributed by atoms with Crippen LogP contribution in [0.3, 0.4) is 0 Å². The fourth-order valence-corrected chi connectivity index (χ4v) is 2.17. The van der Waals surface area contributed by atoms with Crippen molar-refractivity contribution in [3.8, 4) is 0 Å². The van der Waals surface area contributed by atoms with Gasteiger partial charge in [-0.3, -0.25) is 18.2 Å². The molecule has 0 saturated carbocycles. The van der Waals surface area contributed by atoms with Crippen molar-refractivity contribution in [3.63, 3.8) is 0 Å². The SMILES string of the molecule is CN1[CH-]CC(NPP)C[CH-]1.[W+2]. The number of nitrogens with zero attached hydrogens (tertiary/aromatic N) is 1. The fraction of sp³-hybridized carbons (Fsp3) is 0.667. The summed E-state index contributed by atoms with van der Waals surface area (Å²) in [6, 6.07) is 0.673. The minimum Gasteiger partial charge on any atom is -0.607 e. The molecule has 0 bridgehead atoms. The third-order valence-corrected chi connectivity index (χ3v) is 2.72. The molecule has 2 nitrogen and oxygen atoms in total. The Morgan fingerprint density at radius 3 is 2.55 bits per heavy atom. The summed E-state index contributed by atoms with van der Waals surface area (Å²) >= 11 is 0. The number of likely N-dealkylation sites (tertiary alicyclic amines) is 1. The van der Waals surface area contributed by atoms with Crippen molar-refractivity contribution < 1.29 is 21.1 Å². The van der Waals surface area contributed by atoms with Gasteiger partial charge in [0, 0.05) is 0 Å². The van der Waals surface area contributed by atoms with Crippen LogP contribution in [0.15, 0.2) is 0 Å². The molecule has 0 aliphatic carbocycles. The van der Waals surface area contributed by atoms with Crippen LogP contribution in [-0.4, -0.2) is 18.0 Å². The van der Waals surface area contributed by atoms with Crippen molar-refractivity contribution in [2.75, 3.05) is 7.05 Å². The summed E-state index contributed by atoms with van der Waals surface area (Å²) in [6.07, 6.45) is 2.32. The second-order valence-electron chi connectivity index (χ2n) is 2.49. The second kappa shape index (κ2) is 6.93. The summed E-state index contributed by atoms with van der Waals surface area (Å²) in [6.45, 7) is 4.43. The van der Waals surface area contributed by atoms with Gasteiger partial charge in [-0.2, -0.15) is 12.8 Å². The van der Waals surface area contributed by atoms with Gasteiger partial charge >= 0.3 is 21.1 Å². The first-order valence-corrected chi connectivity index (χ1v) is 6.23. The van der Waals surface area contributed by atoms with Crippen LogP contribution in [0.2, 0.25) is 0 Å². The van der Waals surface area contributed by atoms with Gasteiger partial charge in [0.05, 0.1) is 0 Å². The molecule has 1 aliphatic heterocycles. The van der Waals surface area contributed by atoms with Gasteiger partial charge in [-0.15, -0.1) is 0 Å². The number of rotatable bonds is 2. The summed E-state index contributed by atoms with van der Waals surface area (Å²) in [5, 5.41) is 3.41.